The van der Waals surface area contributed by atoms with Crippen LogP contribution in [-0.4, -0.2) is 69.0 Å². The van der Waals surface area contributed by atoms with E-state index in [-0.39, 0.29) is 0 Å². The number of hydrogen-bond donors (Lipinski definition) is 0. The first kappa shape index (κ1) is 21.9. The van der Waals surface area contributed by atoms with Gasteiger partial charge in [-0.25, -0.2) is 0 Å². The zero-order chi connectivity index (χ0) is 20.8. The van der Waals surface area contributed by atoms with Crippen LogP contribution in [0.3, 0.4) is 0 Å². The lowest BCUT2D eigenvalue weighted by atomic mass is 9.94. The molecule has 2 saturated heterocycles. The second-order valence-corrected chi connectivity index (χ2v) is 9.40. The summed E-state index contributed by atoms with van der Waals surface area (Å²) < 4.78 is 17.2. The lowest BCUT2D eigenvalue weighted by Crippen LogP contribution is -2.43. The van der Waals surface area contributed by atoms with E-state index >= 15 is 0 Å². The fourth-order valence-corrected chi connectivity index (χ4v) is 5.73. The maximum atomic E-state index is 5.99. The van der Waals surface area contributed by atoms with Crippen molar-refractivity contribution in [3.8, 4) is 11.5 Å². The van der Waals surface area contributed by atoms with Crippen LogP contribution in [0.4, 0.5) is 0 Å². The van der Waals surface area contributed by atoms with Gasteiger partial charge >= 0.3 is 0 Å². The third-order valence-electron chi connectivity index (χ3n) is 7.37. The number of piperidine rings is 1. The van der Waals surface area contributed by atoms with E-state index < -0.39 is 0 Å². The van der Waals surface area contributed by atoms with E-state index in [4.69, 9.17) is 14.2 Å². The normalized spacial score (nSPS) is 24.0. The third-order valence-corrected chi connectivity index (χ3v) is 7.37. The average molecular weight is 417 g/mol. The number of benzene rings is 1. The van der Waals surface area contributed by atoms with Gasteiger partial charge in [-0.3, -0.25) is 4.90 Å². The molecule has 0 radical (unpaired) electrons. The molecule has 168 valence electrons. The van der Waals surface area contributed by atoms with Crippen LogP contribution in [-0.2, 0) is 11.3 Å². The van der Waals surface area contributed by atoms with Crippen molar-refractivity contribution in [1.29, 1.82) is 0 Å². The van der Waals surface area contributed by atoms with Crippen LogP contribution in [0.25, 0.3) is 0 Å². The average Bonchev–Trinajstić information content (AvgIpc) is 3.48. The maximum absolute atomic E-state index is 5.99. The van der Waals surface area contributed by atoms with Crippen molar-refractivity contribution in [2.75, 3.05) is 47.0 Å². The number of para-hydroxylation sites is 1. The molecule has 2 heterocycles. The van der Waals surface area contributed by atoms with Crippen molar-refractivity contribution in [3.05, 3.63) is 23.8 Å². The molecule has 1 aromatic carbocycles. The Morgan fingerprint density at radius 2 is 1.77 bits per heavy atom. The smallest absolute Gasteiger partial charge is 0.165 e. The lowest BCUT2D eigenvalue weighted by molar-refractivity contribution is 0.0537. The van der Waals surface area contributed by atoms with Gasteiger partial charge in [0, 0.05) is 37.8 Å². The minimum atomic E-state index is 0.375. The van der Waals surface area contributed by atoms with Gasteiger partial charge < -0.3 is 19.1 Å². The van der Waals surface area contributed by atoms with Gasteiger partial charge in [-0.05, 0) is 63.6 Å². The van der Waals surface area contributed by atoms with Gasteiger partial charge in [0.25, 0.3) is 0 Å². The van der Waals surface area contributed by atoms with E-state index in [0.717, 1.165) is 49.7 Å². The van der Waals surface area contributed by atoms with Gasteiger partial charge in [-0.1, -0.05) is 25.0 Å². The number of rotatable bonds is 9. The molecule has 0 spiro atoms. The molecule has 3 aliphatic rings. The van der Waals surface area contributed by atoms with Crippen LogP contribution in [0, 0.1) is 5.92 Å². The first-order chi connectivity index (χ1) is 14.8. The molecule has 1 saturated carbocycles. The van der Waals surface area contributed by atoms with E-state index in [0.29, 0.717) is 6.10 Å². The number of ether oxygens (including phenoxy) is 3. The van der Waals surface area contributed by atoms with Crippen LogP contribution in [0.2, 0.25) is 0 Å². The summed E-state index contributed by atoms with van der Waals surface area (Å²) in [6, 6.07) is 7.09. The summed E-state index contributed by atoms with van der Waals surface area (Å²) in [5, 5.41) is 0. The van der Waals surface area contributed by atoms with E-state index in [1.807, 2.05) is 6.07 Å². The molecule has 1 aromatic rings. The number of methoxy groups -OCH3 is 2. The molecule has 2 aliphatic heterocycles. The Morgan fingerprint density at radius 1 is 0.967 bits per heavy atom. The van der Waals surface area contributed by atoms with Gasteiger partial charge in [-0.15, -0.1) is 0 Å². The third kappa shape index (κ3) is 5.49. The molecule has 0 amide bonds. The Hall–Kier alpha value is -1.30. The fraction of sp³-hybridized carbons (Fsp3) is 0.760. The number of likely N-dealkylation sites (tertiary alicyclic amines) is 1. The summed E-state index contributed by atoms with van der Waals surface area (Å²) in [5.74, 6) is 2.46. The molecular formula is C25H40N2O3. The van der Waals surface area contributed by atoms with Gasteiger partial charge in [0.15, 0.2) is 11.5 Å². The number of hydrogen-bond acceptors (Lipinski definition) is 5. The molecule has 0 aromatic heterocycles. The van der Waals surface area contributed by atoms with E-state index in [1.165, 1.54) is 70.0 Å². The Morgan fingerprint density at radius 3 is 2.43 bits per heavy atom. The van der Waals surface area contributed by atoms with Crippen molar-refractivity contribution < 1.29 is 14.2 Å². The highest BCUT2D eigenvalue weighted by Gasteiger charge is 2.29. The van der Waals surface area contributed by atoms with Crippen molar-refractivity contribution in [2.45, 2.75) is 70.1 Å². The second kappa shape index (κ2) is 10.8. The van der Waals surface area contributed by atoms with Gasteiger partial charge in [0.05, 0.1) is 20.3 Å². The van der Waals surface area contributed by atoms with Crippen molar-refractivity contribution >= 4 is 0 Å². The molecule has 1 atom stereocenters. The molecule has 3 fully saturated rings. The van der Waals surface area contributed by atoms with Crippen molar-refractivity contribution in [2.24, 2.45) is 5.92 Å². The molecule has 1 unspecified atom stereocenters. The minimum Gasteiger partial charge on any atom is -0.493 e. The van der Waals surface area contributed by atoms with E-state index in [1.54, 1.807) is 14.2 Å². The predicted molar refractivity (Wildman–Crippen MR) is 120 cm³/mol. The van der Waals surface area contributed by atoms with Crippen LogP contribution in [0.5, 0.6) is 11.5 Å². The van der Waals surface area contributed by atoms with Crippen LogP contribution in [0.1, 0.15) is 56.9 Å². The SMILES string of the molecule is COc1cccc(CN(CC2CCN(C3CCCC3)CC2)CC2CCCO2)c1OC. The van der Waals surface area contributed by atoms with E-state index in [2.05, 4.69) is 21.9 Å². The summed E-state index contributed by atoms with van der Waals surface area (Å²) in [6.07, 6.45) is 11.1. The first-order valence-corrected chi connectivity index (χ1v) is 12.0. The summed E-state index contributed by atoms with van der Waals surface area (Å²) in [5.41, 5.74) is 1.21. The molecule has 30 heavy (non-hydrogen) atoms. The zero-order valence-electron chi connectivity index (χ0n) is 19.0. The maximum Gasteiger partial charge on any atom is 0.165 e. The largest absolute Gasteiger partial charge is 0.493 e. The van der Waals surface area contributed by atoms with Gasteiger partial charge in [0.2, 0.25) is 0 Å². The Kier molecular flexibility index (Phi) is 7.91. The van der Waals surface area contributed by atoms with Crippen LogP contribution >= 0.6 is 0 Å². The summed E-state index contributed by atoms with van der Waals surface area (Å²) in [4.78, 5) is 5.39. The van der Waals surface area contributed by atoms with Crippen molar-refractivity contribution in [1.82, 2.24) is 9.80 Å². The zero-order valence-corrected chi connectivity index (χ0v) is 19.0. The predicted octanol–water partition coefficient (Wildman–Crippen LogP) is 4.34. The Bertz CT molecular complexity index is 648. The van der Waals surface area contributed by atoms with Crippen LogP contribution in [0.15, 0.2) is 18.2 Å². The van der Waals surface area contributed by atoms with E-state index in [9.17, 15) is 0 Å². The Balaban J connectivity index is 1.39. The minimum absolute atomic E-state index is 0.375. The number of nitrogens with zero attached hydrogens (tertiary/aromatic N) is 2. The highest BCUT2D eigenvalue weighted by atomic mass is 16.5. The van der Waals surface area contributed by atoms with Gasteiger partial charge in [-0.2, -0.15) is 0 Å². The quantitative estimate of drug-likeness (QED) is 0.598. The molecular weight excluding hydrogens is 376 g/mol. The molecule has 1 aliphatic carbocycles. The monoisotopic (exact) mass is 416 g/mol. The Labute approximate surface area is 182 Å². The summed E-state index contributed by atoms with van der Waals surface area (Å²) >= 11 is 0. The molecule has 5 nitrogen and oxygen atoms in total. The van der Waals surface area contributed by atoms with Gasteiger partial charge in [0.1, 0.15) is 0 Å². The lowest BCUT2D eigenvalue weighted by Gasteiger charge is -2.38. The topological polar surface area (TPSA) is 34.2 Å². The first-order valence-electron chi connectivity index (χ1n) is 12.0. The molecule has 0 N–H and O–H groups in total. The van der Waals surface area contributed by atoms with Crippen molar-refractivity contribution in [3.63, 3.8) is 0 Å². The van der Waals surface area contributed by atoms with Crippen LogP contribution < -0.4 is 9.47 Å². The fourth-order valence-electron chi connectivity index (χ4n) is 5.73. The highest BCUT2D eigenvalue weighted by molar-refractivity contribution is 5.46. The second-order valence-electron chi connectivity index (χ2n) is 9.40. The highest BCUT2D eigenvalue weighted by Crippen LogP contribution is 2.33. The standard InChI is InChI=1S/C25H40N2O3/c1-28-24-11-5-7-21(25(24)29-2)18-26(19-23-10-6-16-30-23)17-20-12-14-27(15-13-20)22-8-3-4-9-22/h5,7,11,20,22-23H,3-4,6,8-10,12-19H2,1-2H3. The summed E-state index contributed by atoms with van der Waals surface area (Å²) in [7, 11) is 3.45. The molecule has 4 rings (SSSR count). The summed E-state index contributed by atoms with van der Waals surface area (Å²) in [6.45, 7) is 6.54. The molecule has 0 bridgehead atoms. The molecule has 5 heteroatoms.